The summed E-state index contributed by atoms with van der Waals surface area (Å²) in [6, 6.07) is 0. The van der Waals surface area contributed by atoms with Gasteiger partial charge in [0.1, 0.15) is 12.8 Å². The summed E-state index contributed by atoms with van der Waals surface area (Å²) in [5.41, 5.74) is 0. The van der Waals surface area contributed by atoms with E-state index in [1.807, 2.05) is 0 Å². The van der Waals surface area contributed by atoms with Crippen LogP contribution in [0.1, 0.15) is 12.8 Å². The van der Waals surface area contributed by atoms with E-state index >= 15 is 0 Å². The molecule has 19 heteroatoms. The van der Waals surface area contributed by atoms with Gasteiger partial charge in [0.25, 0.3) is 0 Å². The summed E-state index contributed by atoms with van der Waals surface area (Å²) in [4.78, 5) is 0. The van der Waals surface area contributed by atoms with Gasteiger partial charge in [-0.3, -0.25) is 0 Å². The fraction of sp³-hybridized carbons (Fsp3) is 0.857. The van der Waals surface area contributed by atoms with Crippen molar-refractivity contribution < 1.29 is 84.5 Å². The van der Waals surface area contributed by atoms with Crippen LogP contribution < -0.4 is 0 Å². The minimum absolute atomic E-state index is 0.00865. The second-order valence-corrected chi connectivity index (χ2v) is 6.02. The molecule has 0 spiro atoms. The Morgan fingerprint density at radius 1 is 0.667 bits per heavy atom. The monoisotopic (exact) mass is 532 g/mol. The Hall–Kier alpha value is -1.50. The minimum Gasteiger partial charge on any atom is -0.369 e. The molecule has 0 aromatic carbocycles. The fourth-order valence-electron chi connectivity index (χ4n) is 1.61. The number of hydrogen-bond acceptors (Lipinski definition) is 3. The van der Waals surface area contributed by atoms with Crippen LogP contribution in [-0.2, 0) is 14.2 Å². The van der Waals surface area contributed by atoms with Crippen molar-refractivity contribution in [1.29, 1.82) is 0 Å². The summed E-state index contributed by atoms with van der Waals surface area (Å²) in [7, 11) is 0. The third-order valence-corrected chi connectivity index (χ3v) is 3.24. The van der Waals surface area contributed by atoms with Gasteiger partial charge in [0.15, 0.2) is 0 Å². The summed E-state index contributed by atoms with van der Waals surface area (Å²) < 4.78 is 212. The highest BCUT2D eigenvalue weighted by Gasteiger charge is 2.85. The first-order chi connectivity index (χ1) is 14.4. The van der Waals surface area contributed by atoms with Gasteiger partial charge in [-0.05, 0) is 12.8 Å². The highest BCUT2D eigenvalue weighted by molar-refractivity contribution is 4.97. The molecule has 0 fully saturated rings. The Labute approximate surface area is 173 Å². The molecule has 1 unspecified atom stereocenters. The normalized spacial score (nSPS) is 16.1. The lowest BCUT2D eigenvalue weighted by molar-refractivity contribution is -0.543. The molecule has 1 atom stereocenters. The van der Waals surface area contributed by atoms with Gasteiger partial charge in [-0.25, -0.2) is 13.9 Å². The van der Waals surface area contributed by atoms with Crippen molar-refractivity contribution in [1.82, 2.24) is 0 Å². The predicted molar refractivity (Wildman–Crippen MR) is 73.1 cm³/mol. The van der Waals surface area contributed by atoms with Crippen molar-refractivity contribution in [2.24, 2.45) is 0 Å². The molecule has 0 saturated carbocycles. The Morgan fingerprint density at radius 2 is 1.12 bits per heavy atom. The van der Waals surface area contributed by atoms with Gasteiger partial charge in [-0.2, -0.15) is 65.9 Å². The molecule has 0 bridgehead atoms. The van der Waals surface area contributed by atoms with Crippen LogP contribution in [0.5, 0.6) is 0 Å². The summed E-state index contributed by atoms with van der Waals surface area (Å²) in [5, 5.41) is 0. The lowest BCUT2D eigenvalue weighted by Gasteiger charge is -2.36. The second kappa shape index (κ2) is 10.0. The molecule has 0 saturated heterocycles. The van der Waals surface area contributed by atoms with E-state index in [-0.39, 0.29) is 12.8 Å². The molecule has 0 aromatic heterocycles. The van der Waals surface area contributed by atoms with E-state index in [4.69, 9.17) is 0 Å². The maximum absolute atomic E-state index is 13.2. The number of rotatable bonds is 14. The fourth-order valence-corrected chi connectivity index (χ4v) is 1.61. The summed E-state index contributed by atoms with van der Waals surface area (Å²) >= 11 is 0. The van der Waals surface area contributed by atoms with Crippen molar-refractivity contribution in [3.8, 4) is 0 Å². The average Bonchev–Trinajstić information content (AvgIpc) is 2.56. The van der Waals surface area contributed by atoms with Gasteiger partial charge in [0.05, 0.1) is 6.61 Å². The Balaban J connectivity index is 5.47. The molecule has 0 radical (unpaired) electrons. The van der Waals surface area contributed by atoms with Crippen LogP contribution in [0.15, 0.2) is 12.7 Å². The molecule has 0 N–H and O–H groups in total. The SMILES string of the molecule is C=CCCC(F)COCC(F)(F)OC(F)(F)C(F)(F)OC(F)(F)C(F)(F)C(F)(F)C(F)(F)F. The third-order valence-electron chi connectivity index (χ3n) is 3.24. The van der Waals surface area contributed by atoms with E-state index in [1.165, 1.54) is 10.8 Å². The van der Waals surface area contributed by atoms with Crippen molar-refractivity contribution >= 4 is 0 Å². The highest BCUT2D eigenvalue weighted by atomic mass is 19.4. The van der Waals surface area contributed by atoms with Crippen LogP contribution in [-0.4, -0.2) is 61.8 Å². The van der Waals surface area contributed by atoms with E-state index in [1.54, 1.807) is 0 Å². The zero-order valence-corrected chi connectivity index (χ0v) is 15.5. The van der Waals surface area contributed by atoms with Gasteiger partial charge in [-0.15, -0.1) is 6.58 Å². The first-order valence-electron chi connectivity index (χ1n) is 7.93. The second-order valence-electron chi connectivity index (χ2n) is 6.02. The van der Waals surface area contributed by atoms with Crippen LogP contribution >= 0.6 is 0 Å². The minimum atomic E-state index is -7.93. The van der Waals surface area contributed by atoms with Crippen LogP contribution in [0.3, 0.4) is 0 Å². The van der Waals surface area contributed by atoms with E-state index in [2.05, 4.69) is 16.1 Å². The van der Waals surface area contributed by atoms with Crippen molar-refractivity contribution in [2.45, 2.75) is 61.5 Å². The first kappa shape index (κ1) is 31.5. The number of allylic oxidation sites excluding steroid dienone is 1. The van der Waals surface area contributed by atoms with Gasteiger partial charge in [0.2, 0.25) is 0 Å². The molecular formula is C14H12F16O3. The van der Waals surface area contributed by atoms with Gasteiger partial charge in [-0.1, -0.05) is 6.08 Å². The quantitative estimate of drug-likeness (QED) is 0.188. The first-order valence-corrected chi connectivity index (χ1v) is 7.93. The van der Waals surface area contributed by atoms with E-state index < -0.39 is 61.8 Å². The average molecular weight is 532 g/mol. The molecular weight excluding hydrogens is 520 g/mol. The smallest absolute Gasteiger partial charge is 0.369 e. The Morgan fingerprint density at radius 3 is 1.55 bits per heavy atom. The maximum atomic E-state index is 13.2. The topological polar surface area (TPSA) is 27.7 Å². The molecule has 33 heavy (non-hydrogen) atoms. The van der Waals surface area contributed by atoms with E-state index in [9.17, 15) is 70.2 Å². The molecule has 0 rings (SSSR count). The largest absolute Gasteiger partial charge is 0.460 e. The molecule has 3 nitrogen and oxygen atoms in total. The molecule has 0 aliphatic heterocycles. The third kappa shape index (κ3) is 7.49. The van der Waals surface area contributed by atoms with Crippen molar-refractivity contribution in [3.05, 3.63) is 12.7 Å². The molecule has 0 aliphatic carbocycles. The molecule has 0 amide bonds. The van der Waals surface area contributed by atoms with E-state index in [0.717, 1.165) is 0 Å². The van der Waals surface area contributed by atoms with Crippen LogP contribution in [0, 0.1) is 0 Å². The molecule has 0 heterocycles. The van der Waals surface area contributed by atoms with Gasteiger partial charge < -0.3 is 4.74 Å². The standard InChI is InChI=1S/C14H12F16O3/c1-2-3-4-7(15)5-31-6-8(16,17)32-13(27,28)14(29,30)33-12(25,26)10(20,21)9(18,19)11(22,23)24/h2,7H,1,3-6H2. The lowest BCUT2D eigenvalue weighted by atomic mass is 10.1. The Bertz CT molecular complexity index is 645. The number of alkyl halides is 16. The number of hydrogen-bond donors (Lipinski definition) is 0. The van der Waals surface area contributed by atoms with Crippen LogP contribution in [0.4, 0.5) is 70.2 Å². The predicted octanol–water partition coefficient (Wildman–Crippen LogP) is 6.54. The summed E-state index contributed by atoms with van der Waals surface area (Å²) in [6.45, 7) is -0.517. The number of ether oxygens (including phenoxy) is 3. The van der Waals surface area contributed by atoms with Crippen molar-refractivity contribution in [2.75, 3.05) is 13.2 Å². The molecule has 0 aromatic rings. The van der Waals surface area contributed by atoms with Gasteiger partial charge in [0, 0.05) is 0 Å². The van der Waals surface area contributed by atoms with Crippen LogP contribution in [0.2, 0.25) is 0 Å². The van der Waals surface area contributed by atoms with Crippen molar-refractivity contribution in [3.63, 3.8) is 0 Å². The highest BCUT2D eigenvalue weighted by Crippen LogP contribution is 2.55. The lowest BCUT2D eigenvalue weighted by Crippen LogP contribution is -2.64. The summed E-state index contributed by atoms with van der Waals surface area (Å²) in [5.74, 6) is -15.7. The number of halogens is 16. The van der Waals surface area contributed by atoms with Gasteiger partial charge >= 0.3 is 42.5 Å². The zero-order valence-electron chi connectivity index (χ0n) is 15.5. The Kier molecular flexibility index (Phi) is 9.55. The van der Waals surface area contributed by atoms with E-state index in [0.29, 0.717) is 0 Å². The molecule has 0 aliphatic rings. The maximum Gasteiger partial charge on any atom is 0.460 e. The zero-order chi connectivity index (χ0) is 26.7. The van der Waals surface area contributed by atoms with Crippen LogP contribution in [0.25, 0.3) is 0 Å². The summed E-state index contributed by atoms with van der Waals surface area (Å²) in [6.07, 6.45) is -36.4. The molecule has 198 valence electrons.